The fourth-order valence-electron chi connectivity index (χ4n) is 4.35. The van der Waals surface area contributed by atoms with Gasteiger partial charge in [-0.25, -0.2) is 0 Å². The van der Waals surface area contributed by atoms with Crippen molar-refractivity contribution < 1.29 is 4.74 Å². The van der Waals surface area contributed by atoms with E-state index in [2.05, 4.69) is 18.7 Å². The molecule has 3 aliphatic rings. The lowest BCUT2D eigenvalue weighted by Gasteiger charge is -2.55. The average Bonchev–Trinajstić information content (AvgIpc) is 2.25. The summed E-state index contributed by atoms with van der Waals surface area (Å²) in [5.74, 6) is 2.02. The smallest absolute Gasteiger partial charge is 0.0645 e. The van der Waals surface area contributed by atoms with Gasteiger partial charge >= 0.3 is 0 Å². The molecule has 0 aromatic carbocycles. The lowest BCUT2D eigenvalue weighted by molar-refractivity contribution is -0.103. The molecule has 1 spiro atoms. The van der Waals surface area contributed by atoms with Crippen LogP contribution in [-0.2, 0) is 4.74 Å². The van der Waals surface area contributed by atoms with Gasteiger partial charge in [0.2, 0.25) is 0 Å². The topological polar surface area (TPSA) is 12.5 Å². The van der Waals surface area contributed by atoms with Crippen LogP contribution in [0.5, 0.6) is 0 Å². The Morgan fingerprint density at radius 2 is 1.89 bits per heavy atom. The van der Waals surface area contributed by atoms with Crippen LogP contribution < -0.4 is 0 Å². The monoisotopic (exact) mass is 251 g/mol. The van der Waals surface area contributed by atoms with Crippen LogP contribution in [0.4, 0.5) is 0 Å². The maximum Gasteiger partial charge on any atom is 0.0645 e. The Bertz CT molecular complexity index is 271. The molecule has 3 fully saturated rings. The highest BCUT2D eigenvalue weighted by molar-refractivity contribution is 4.99. The van der Waals surface area contributed by atoms with Gasteiger partial charge in [-0.05, 0) is 56.0 Å². The maximum absolute atomic E-state index is 5.31. The van der Waals surface area contributed by atoms with Crippen molar-refractivity contribution in [3.63, 3.8) is 0 Å². The Kier molecular flexibility index (Phi) is 3.68. The average molecular weight is 251 g/mol. The van der Waals surface area contributed by atoms with Gasteiger partial charge in [0.15, 0.2) is 0 Å². The van der Waals surface area contributed by atoms with E-state index in [1.807, 2.05) is 0 Å². The minimum atomic E-state index is 0.758. The van der Waals surface area contributed by atoms with E-state index in [0.29, 0.717) is 0 Å². The van der Waals surface area contributed by atoms with Crippen LogP contribution >= 0.6 is 0 Å². The number of ether oxygens (including phenoxy) is 1. The molecule has 1 saturated carbocycles. The molecule has 0 aromatic rings. The van der Waals surface area contributed by atoms with Gasteiger partial charge in [-0.15, -0.1) is 0 Å². The predicted molar refractivity (Wildman–Crippen MR) is 74.6 cm³/mol. The standard InChI is InChI=1S/C16H29NO/c1-3-4-13(2)14-9-16(10-14)5-7-17(8-6-16)15-11-18-12-15/h13-15H,3-12H2,1-2H3. The second kappa shape index (κ2) is 5.13. The molecular weight excluding hydrogens is 222 g/mol. The van der Waals surface area contributed by atoms with Gasteiger partial charge in [0.25, 0.3) is 0 Å². The zero-order chi connectivity index (χ0) is 12.6. The third-order valence-electron chi connectivity index (χ3n) is 5.93. The third-order valence-corrected chi connectivity index (χ3v) is 5.93. The van der Waals surface area contributed by atoms with E-state index in [9.17, 15) is 0 Å². The Labute approximate surface area is 112 Å². The normalized spacial score (nSPS) is 31.0. The summed E-state index contributed by atoms with van der Waals surface area (Å²) < 4.78 is 5.31. The van der Waals surface area contributed by atoms with Crippen LogP contribution in [0.25, 0.3) is 0 Å². The molecule has 1 atom stereocenters. The Morgan fingerprint density at radius 3 is 2.39 bits per heavy atom. The first-order valence-electron chi connectivity index (χ1n) is 8.04. The number of nitrogens with zero attached hydrogens (tertiary/aromatic N) is 1. The highest BCUT2D eigenvalue weighted by atomic mass is 16.5. The van der Waals surface area contributed by atoms with Gasteiger partial charge in [-0.3, -0.25) is 4.90 Å². The van der Waals surface area contributed by atoms with Gasteiger partial charge in [0, 0.05) is 0 Å². The molecule has 18 heavy (non-hydrogen) atoms. The second-order valence-corrected chi connectivity index (χ2v) is 7.16. The summed E-state index contributed by atoms with van der Waals surface area (Å²) in [4.78, 5) is 2.68. The third kappa shape index (κ3) is 2.34. The van der Waals surface area contributed by atoms with Crippen LogP contribution in [0, 0.1) is 17.3 Å². The van der Waals surface area contributed by atoms with E-state index in [1.165, 1.54) is 51.6 Å². The molecule has 0 aromatic heterocycles. The largest absolute Gasteiger partial charge is 0.378 e. The molecule has 2 saturated heterocycles. The van der Waals surface area contributed by atoms with E-state index >= 15 is 0 Å². The molecule has 0 radical (unpaired) electrons. The maximum atomic E-state index is 5.31. The van der Waals surface area contributed by atoms with Crippen LogP contribution in [0.3, 0.4) is 0 Å². The summed E-state index contributed by atoms with van der Waals surface area (Å²) in [5.41, 5.74) is 0.758. The molecule has 2 aliphatic heterocycles. The van der Waals surface area contributed by atoms with E-state index in [1.54, 1.807) is 0 Å². The first-order chi connectivity index (χ1) is 8.72. The molecule has 0 bridgehead atoms. The second-order valence-electron chi connectivity index (χ2n) is 7.16. The Hall–Kier alpha value is -0.0800. The van der Waals surface area contributed by atoms with E-state index in [0.717, 1.165) is 36.5 Å². The van der Waals surface area contributed by atoms with Crippen LogP contribution in [0.1, 0.15) is 52.4 Å². The van der Waals surface area contributed by atoms with Crippen molar-refractivity contribution >= 4 is 0 Å². The highest BCUT2D eigenvalue weighted by Gasteiger charge is 2.47. The number of hydrogen-bond acceptors (Lipinski definition) is 2. The van der Waals surface area contributed by atoms with Crippen molar-refractivity contribution in [1.82, 2.24) is 4.90 Å². The fraction of sp³-hybridized carbons (Fsp3) is 1.00. The summed E-state index contributed by atoms with van der Waals surface area (Å²) in [6.07, 6.45) is 8.77. The van der Waals surface area contributed by atoms with Crippen molar-refractivity contribution in [1.29, 1.82) is 0 Å². The Morgan fingerprint density at radius 1 is 1.22 bits per heavy atom. The molecule has 1 aliphatic carbocycles. The van der Waals surface area contributed by atoms with Crippen LogP contribution in [-0.4, -0.2) is 37.2 Å². The molecule has 2 heteroatoms. The first kappa shape index (κ1) is 12.9. The first-order valence-corrected chi connectivity index (χ1v) is 8.04. The summed E-state index contributed by atoms with van der Waals surface area (Å²) in [5, 5.41) is 0. The van der Waals surface area contributed by atoms with Crippen molar-refractivity contribution in [3.8, 4) is 0 Å². The van der Waals surface area contributed by atoms with Gasteiger partial charge in [0.1, 0.15) is 0 Å². The lowest BCUT2D eigenvalue weighted by atomic mass is 9.54. The summed E-state index contributed by atoms with van der Waals surface area (Å²) in [7, 11) is 0. The summed E-state index contributed by atoms with van der Waals surface area (Å²) in [6, 6.07) is 0.761. The molecule has 3 rings (SSSR count). The summed E-state index contributed by atoms with van der Waals surface area (Å²) >= 11 is 0. The quantitative estimate of drug-likeness (QED) is 0.760. The molecule has 0 amide bonds. The van der Waals surface area contributed by atoms with Crippen molar-refractivity contribution in [2.24, 2.45) is 17.3 Å². The van der Waals surface area contributed by atoms with Gasteiger partial charge in [-0.1, -0.05) is 26.7 Å². The zero-order valence-corrected chi connectivity index (χ0v) is 12.2. The number of rotatable bonds is 4. The predicted octanol–water partition coefficient (Wildman–Crippen LogP) is 3.31. The number of piperidine rings is 1. The van der Waals surface area contributed by atoms with Crippen molar-refractivity contribution in [2.75, 3.05) is 26.3 Å². The molecule has 2 heterocycles. The van der Waals surface area contributed by atoms with Crippen molar-refractivity contribution in [2.45, 2.75) is 58.4 Å². The Balaban J connectivity index is 1.43. The molecule has 0 N–H and O–H groups in total. The van der Waals surface area contributed by atoms with Gasteiger partial charge < -0.3 is 4.74 Å². The zero-order valence-electron chi connectivity index (χ0n) is 12.2. The van der Waals surface area contributed by atoms with Gasteiger partial charge in [-0.2, -0.15) is 0 Å². The fourth-order valence-corrected chi connectivity index (χ4v) is 4.35. The molecule has 1 unspecified atom stereocenters. The van der Waals surface area contributed by atoms with E-state index in [4.69, 9.17) is 4.74 Å². The van der Waals surface area contributed by atoms with Gasteiger partial charge in [0.05, 0.1) is 19.3 Å². The SMILES string of the molecule is CCCC(C)C1CC2(CCN(C3COC3)CC2)C1. The lowest BCUT2D eigenvalue weighted by Crippen LogP contribution is -2.55. The minimum absolute atomic E-state index is 0.758. The molecule has 2 nitrogen and oxygen atoms in total. The van der Waals surface area contributed by atoms with Crippen molar-refractivity contribution in [3.05, 3.63) is 0 Å². The number of hydrogen-bond donors (Lipinski definition) is 0. The molecular formula is C16H29NO. The minimum Gasteiger partial charge on any atom is -0.378 e. The summed E-state index contributed by atoms with van der Waals surface area (Å²) in [6.45, 7) is 9.45. The molecule has 104 valence electrons. The van der Waals surface area contributed by atoms with Crippen LogP contribution in [0.2, 0.25) is 0 Å². The number of likely N-dealkylation sites (tertiary alicyclic amines) is 1. The van der Waals surface area contributed by atoms with E-state index < -0.39 is 0 Å². The van der Waals surface area contributed by atoms with Crippen LogP contribution in [0.15, 0.2) is 0 Å². The van der Waals surface area contributed by atoms with E-state index in [-0.39, 0.29) is 0 Å². The highest BCUT2D eigenvalue weighted by Crippen LogP contribution is 2.55.